The second-order valence-corrected chi connectivity index (χ2v) is 10.2. The molecule has 4 heterocycles. The van der Waals surface area contributed by atoms with Crippen LogP contribution >= 0.6 is 0 Å². The molecule has 152 valence electrons. The third-order valence-electron chi connectivity index (χ3n) is 8.18. The molecular weight excluding hydrogens is 364 g/mol. The Morgan fingerprint density at radius 2 is 2.07 bits per heavy atom. The minimum Gasteiger partial charge on any atom is -0.340 e. The van der Waals surface area contributed by atoms with E-state index in [9.17, 15) is 9.59 Å². The summed E-state index contributed by atoms with van der Waals surface area (Å²) in [5.74, 6) is 2.14. The number of carbonyl (C=O) groups is 1. The minimum absolute atomic E-state index is 0.0843. The number of rotatable bonds is 2. The summed E-state index contributed by atoms with van der Waals surface area (Å²) in [4.78, 5) is 27.4. The number of hydrogen-bond acceptors (Lipinski definition) is 3. The van der Waals surface area contributed by atoms with Crippen LogP contribution in [0.2, 0.25) is 0 Å². The van der Waals surface area contributed by atoms with Gasteiger partial charge in [-0.2, -0.15) is 5.10 Å². The number of aryl methyl sites for hydroxylation is 1. The first-order valence-corrected chi connectivity index (χ1v) is 10.9. The van der Waals surface area contributed by atoms with E-state index in [2.05, 4.69) is 20.8 Å². The molecular formula is C23H28N4O2. The predicted octanol–water partition coefficient (Wildman–Crippen LogP) is 2.29. The van der Waals surface area contributed by atoms with Crippen LogP contribution in [0.25, 0.3) is 0 Å². The second kappa shape index (κ2) is 5.61. The Kier molecular flexibility index (Phi) is 3.38. The lowest BCUT2D eigenvalue weighted by Gasteiger charge is -2.42. The van der Waals surface area contributed by atoms with Gasteiger partial charge in [-0.1, -0.05) is 19.9 Å². The molecule has 1 saturated heterocycles. The standard InChI is InChI=1S/C23H28N4O2/c1-13-21-18(8-16-22(21)23(16,2)3)27(24-13)12-20(29)25-9-14-7-15(11-25)17-5-4-6-19(28)26(17)10-14/h4-6,14-16,22H,7-12H2,1-3H3/t14-,15+,16+,22-/m0/s1. The maximum atomic E-state index is 13.2. The van der Waals surface area contributed by atoms with Crippen molar-refractivity contribution >= 4 is 5.91 Å². The highest BCUT2D eigenvalue weighted by molar-refractivity contribution is 5.76. The lowest BCUT2D eigenvalue weighted by Crippen LogP contribution is -2.49. The Labute approximate surface area is 170 Å². The molecule has 2 aromatic rings. The number of hydrogen-bond donors (Lipinski definition) is 0. The molecule has 6 heteroatoms. The fourth-order valence-electron chi connectivity index (χ4n) is 6.63. The van der Waals surface area contributed by atoms with Crippen LogP contribution in [0, 0.1) is 24.2 Å². The number of piperidine rings is 1. The van der Waals surface area contributed by atoms with E-state index in [0.29, 0.717) is 30.3 Å². The molecule has 4 atom stereocenters. The van der Waals surface area contributed by atoms with E-state index in [1.807, 2.05) is 26.3 Å². The smallest absolute Gasteiger partial charge is 0.250 e. The van der Waals surface area contributed by atoms with Crippen molar-refractivity contribution in [3.05, 3.63) is 51.2 Å². The second-order valence-electron chi connectivity index (χ2n) is 10.2. The van der Waals surface area contributed by atoms with Crippen molar-refractivity contribution in [2.45, 2.75) is 58.5 Å². The van der Waals surface area contributed by atoms with Crippen molar-refractivity contribution < 1.29 is 4.79 Å². The highest BCUT2D eigenvalue weighted by atomic mass is 16.2. The van der Waals surface area contributed by atoms with Crippen molar-refractivity contribution in [3.63, 3.8) is 0 Å². The van der Waals surface area contributed by atoms with E-state index in [-0.39, 0.29) is 17.4 Å². The third kappa shape index (κ3) is 2.37. The molecule has 2 aromatic heterocycles. The largest absolute Gasteiger partial charge is 0.340 e. The summed E-state index contributed by atoms with van der Waals surface area (Å²) in [7, 11) is 0. The van der Waals surface area contributed by atoms with Gasteiger partial charge < -0.3 is 9.47 Å². The minimum atomic E-state index is 0.0843. The molecule has 4 aliphatic rings. The molecule has 0 spiro atoms. The predicted molar refractivity (Wildman–Crippen MR) is 109 cm³/mol. The molecule has 0 aromatic carbocycles. The topological polar surface area (TPSA) is 60.1 Å². The third-order valence-corrected chi connectivity index (χ3v) is 8.18. The molecule has 6 nitrogen and oxygen atoms in total. The van der Waals surface area contributed by atoms with E-state index in [0.717, 1.165) is 43.2 Å². The maximum absolute atomic E-state index is 13.2. The van der Waals surface area contributed by atoms with Crippen molar-refractivity contribution in [1.29, 1.82) is 0 Å². The average Bonchev–Trinajstić information content (AvgIpc) is 3.00. The van der Waals surface area contributed by atoms with E-state index < -0.39 is 0 Å². The molecule has 2 bridgehead atoms. The van der Waals surface area contributed by atoms with E-state index in [4.69, 9.17) is 5.10 Å². The number of carbonyl (C=O) groups excluding carboxylic acids is 1. The lowest BCUT2D eigenvalue weighted by molar-refractivity contribution is -0.134. The van der Waals surface area contributed by atoms with Gasteiger partial charge in [0.1, 0.15) is 6.54 Å². The van der Waals surface area contributed by atoms with Gasteiger partial charge in [0.05, 0.1) is 5.69 Å². The molecule has 1 saturated carbocycles. The summed E-state index contributed by atoms with van der Waals surface area (Å²) in [6, 6.07) is 5.53. The zero-order chi connectivity index (χ0) is 20.1. The number of amides is 1. The molecule has 29 heavy (non-hydrogen) atoms. The Bertz CT molecular complexity index is 1090. The van der Waals surface area contributed by atoms with Crippen molar-refractivity contribution in [1.82, 2.24) is 19.2 Å². The van der Waals surface area contributed by atoms with Gasteiger partial charge in [-0.25, -0.2) is 0 Å². The number of likely N-dealkylation sites (tertiary alicyclic amines) is 1. The van der Waals surface area contributed by atoms with Crippen molar-refractivity contribution in [3.8, 4) is 0 Å². The number of nitrogens with zero attached hydrogens (tertiary/aromatic N) is 4. The highest BCUT2D eigenvalue weighted by Crippen LogP contribution is 2.70. The molecule has 2 aliphatic carbocycles. The molecule has 0 N–H and O–H groups in total. The molecule has 2 fully saturated rings. The molecule has 6 rings (SSSR count). The van der Waals surface area contributed by atoms with Crippen molar-refractivity contribution in [2.75, 3.05) is 13.1 Å². The molecule has 0 radical (unpaired) electrons. The van der Waals surface area contributed by atoms with Gasteiger partial charge in [-0.3, -0.25) is 14.3 Å². The van der Waals surface area contributed by atoms with Gasteiger partial charge in [0, 0.05) is 48.6 Å². The van der Waals surface area contributed by atoms with Gasteiger partial charge in [0.25, 0.3) is 5.56 Å². The zero-order valence-electron chi connectivity index (χ0n) is 17.4. The first kappa shape index (κ1) is 17.5. The van der Waals surface area contributed by atoms with Gasteiger partial charge in [-0.05, 0) is 49.0 Å². The van der Waals surface area contributed by atoms with Crippen LogP contribution in [0.15, 0.2) is 23.0 Å². The van der Waals surface area contributed by atoms with E-state index in [1.165, 1.54) is 11.3 Å². The van der Waals surface area contributed by atoms with E-state index in [1.54, 1.807) is 6.07 Å². The van der Waals surface area contributed by atoms with Gasteiger partial charge >= 0.3 is 0 Å². The summed E-state index contributed by atoms with van der Waals surface area (Å²) >= 11 is 0. The number of aromatic nitrogens is 3. The Balaban J connectivity index is 1.23. The lowest BCUT2D eigenvalue weighted by atomic mass is 9.83. The van der Waals surface area contributed by atoms with E-state index >= 15 is 0 Å². The number of pyridine rings is 1. The van der Waals surface area contributed by atoms with Crippen LogP contribution < -0.4 is 5.56 Å². The normalized spacial score (nSPS) is 30.5. The van der Waals surface area contributed by atoms with Crippen LogP contribution in [0.3, 0.4) is 0 Å². The Morgan fingerprint density at radius 1 is 1.24 bits per heavy atom. The first-order valence-electron chi connectivity index (χ1n) is 10.9. The fourth-order valence-corrected chi connectivity index (χ4v) is 6.63. The molecule has 1 amide bonds. The summed E-state index contributed by atoms with van der Waals surface area (Å²) < 4.78 is 3.90. The SMILES string of the molecule is Cc1nn(CC(=O)N2C[C@@H]3C[C@H](C2)c2cccc(=O)n2C3)c2c1[C@@H]1[C@@H](C2)C1(C)C. The van der Waals surface area contributed by atoms with Crippen LogP contribution in [-0.4, -0.2) is 38.2 Å². The highest BCUT2D eigenvalue weighted by Gasteiger charge is 2.63. The summed E-state index contributed by atoms with van der Waals surface area (Å²) in [5.41, 5.74) is 5.38. The quantitative estimate of drug-likeness (QED) is 0.788. The average molecular weight is 393 g/mol. The number of fused-ring (bicyclic) bond motifs is 7. The molecule has 2 aliphatic heterocycles. The maximum Gasteiger partial charge on any atom is 0.250 e. The zero-order valence-corrected chi connectivity index (χ0v) is 17.4. The van der Waals surface area contributed by atoms with Crippen LogP contribution in [0.5, 0.6) is 0 Å². The van der Waals surface area contributed by atoms with Crippen molar-refractivity contribution in [2.24, 2.45) is 17.3 Å². The summed E-state index contributed by atoms with van der Waals surface area (Å²) in [5, 5.41) is 4.75. The first-order chi connectivity index (χ1) is 13.8. The fraction of sp³-hybridized carbons (Fsp3) is 0.609. The summed E-state index contributed by atoms with van der Waals surface area (Å²) in [6.45, 7) is 9.32. The monoisotopic (exact) mass is 392 g/mol. The van der Waals surface area contributed by atoms with Crippen LogP contribution in [0.1, 0.15) is 54.7 Å². The van der Waals surface area contributed by atoms with Crippen LogP contribution in [-0.2, 0) is 24.3 Å². The summed E-state index contributed by atoms with van der Waals surface area (Å²) in [6.07, 6.45) is 2.13. The van der Waals surface area contributed by atoms with Gasteiger partial charge in [0.15, 0.2) is 0 Å². The van der Waals surface area contributed by atoms with Crippen LogP contribution in [0.4, 0.5) is 0 Å². The Morgan fingerprint density at radius 3 is 2.90 bits per heavy atom. The molecule has 0 unspecified atom stereocenters. The Hall–Kier alpha value is -2.37. The van der Waals surface area contributed by atoms with Gasteiger partial charge in [0.2, 0.25) is 5.91 Å². The van der Waals surface area contributed by atoms with Gasteiger partial charge in [-0.15, -0.1) is 0 Å².